The maximum atomic E-state index is 13.8. The minimum absolute atomic E-state index is 0.00430. The number of phenolic OH excluding ortho intramolecular Hbond substituents is 1. The van der Waals surface area contributed by atoms with E-state index in [9.17, 15) is 24.6 Å². The molecule has 0 radical (unpaired) electrons. The van der Waals surface area contributed by atoms with Crippen molar-refractivity contribution < 1.29 is 38.5 Å². The summed E-state index contributed by atoms with van der Waals surface area (Å²) in [6.45, 7) is 0.0101. The first-order valence-corrected chi connectivity index (χ1v) is 12.1. The maximum Gasteiger partial charge on any atom is 0.337 e. The third-order valence-electron chi connectivity index (χ3n) is 6.48. The molecule has 2 heterocycles. The van der Waals surface area contributed by atoms with E-state index in [1.807, 2.05) is 0 Å². The van der Waals surface area contributed by atoms with E-state index in [2.05, 4.69) is 0 Å². The summed E-state index contributed by atoms with van der Waals surface area (Å²) in [5.74, 6) is -2.47. The molecule has 5 rings (SSSR count). The van der Waals surface area contributed by atoms with E-state index < -0.39 is 29.5 Å². The number of fused-ring (bicyclic) bond motifs is 1. The van der Waals surface area contributed by atoms with Crippen molar-refractivity contribution >= 4 is 40.2 Å². The summed E-state index contributed by atoms with van der Waals surface area (Å²) >= 11 is 6.15. The number of nitrogens with zero attached hydrogens (tertiary/aromatic N) is 1. The number of benzene rings is 3. The van der Waals surface area contributed by atoms with Crippen LogP contribution in [0.2, 0.25) is 5.02 Å². The molecule has 9 nitrogen and oxygen atoms in total. The van der Waals surface area contributed by atoms with Gasteiger partial charge in [0, 0.05) is 23.0 Å². The number of ether oxygens (including phenoxy) is 2. The van der Waals surface area contributed by atoms with Crippen LogP contribution in [0.3, 0.4) is 0 Å². The van der Waals surface area contributed by atoms with Crippen LogP contribution in [0.15, 0.2) is 82.5 Å². The van der Waals surface area contributed by atoms with Crippen LogP contribution >= 0.6 is 11.6 Å². The Labute approximate surface area is 227 Å². The summed E-state index contributed by atoms with van der Waals surface area (Å²) in [4.78, 5) is 40.2. The molecule has 1 amide bonds. The van der Waals surface area contributed by atoms with Gasteiger partial charge in [0.1, 0.15) is 5.75 Å². The number of carbonyl (C=O) groups is 3. The Balaban J connectivity index is 1.56. The quantitative estimate of drug-likeness (QED) is 0.234. The molecule has 0 spiro atoms. The zero-order chi connectivity index (χ0) is 27.8. The Morgan fingerprint density at radius 2 is 1.69 bits per heavy atom. The number of Topliss-reactive ketones (excluding diaryl/α,β-unsaturated/α-hetero) is 1. The van der Waals surface area contributed by atoms with Crippen molar-refractivity contribution in [3.8, 4) is 11.5 Å². The van der Waals surface area contributed by atoms with Gasteiger partial charge in [0.25, 0.3) is 5.91 Å². The smallest absolute Gasteiger partial charge is 0.337 e. The molecule has 0 saturated heterocycles. The molecule has 0 bridgehead atoms. The largest absolute Gasteiger partial charge is 0.508 e. The zero-order valence-electron chi connectivity index (χ0n) is 20.8. The molecule has 0 aliphatic carbocycles. The van der Waals surface area contributed by atoms with E-state index >= 15 is 0 Å². The highest BCUT2D eigenvalue weighted by molar-refractivity contribution is 6.31. The van der Waals surface area contributed by atoms with Crippen LogP contribution < -0.4 is 4.74 Å². The summed E-state index contributed by atoms with van der Waals surface area (Å²) in [5.41, 5.74) is 1.57. The molecule has 1 aliphatic heterocycles. The van der Waals surface area contributed by atoms with Gasteiger partial charge in [-0.15, -0.1) is 0 Å². The van der Waals surface area contributed by atoms with Crippen LogP contribution in [0.5, 0.6) is 11.5 Å². The van der Waals surface area contributed by atoms with Gasteiger partial charge in [-0.05, 0) is 47.5 Å². The molecule has 4 aromatic rings. The lowest BCUT2D eigenvalue weighted by atomic mass is 9.94. The highest BCUT2D eigenvalue weighted by atomic mass is 35.5. The topological polar surface area (TPSA) is 127 Å². The average Bonchev–Trinajstić information content (AvgIpc) is 3.47. The molecule has 1 aromatic heterocycles. The second kappa shape index (κ2) is 10.2. The molecular formula is C29H22ClNO8. The lowest BCUT2D eigenvalue weighted by Crippen LogP contribution is -2.30. The molecular weight excluding hydrogens is 526 g/mol. The third-order valence-corrected chi connectivity index (χ3v) is 6.69. The number of amides is 1. The number of methoxy groups -OCH3 is 2. The third kappa shape index (κ3) is 4.68. The van der Waals surface area contributed by atoms with Crippen LogP contribution in [-0.4, -0.2) is 47.0 Å². The molecule has 39 heavy (non-hydrogen) atoms. The van der Waals surface area contributed by atoms with E-state index in [1.54, 1.807) is 48.5 Å². The Kier molecular flexibility index (Phi) is 6.76. The number of aromatic hydroxyl groups is 1. The number of rotatable bonds is 7. The SMILES string of the molecule is COC(=O)c1ccc(CN2C(=O)C(O)=C(C(=O)c3cc4cc(Cl)cc(OC)c4o3)C2c2ccc(O)cc2)cc1. The maximum absolute atomic E-state index is 13.8. The standard InChI is InChI=1S/C29H22ClNO8/c1-37-22-13-19(30)11-18-12-21(39-27(18)22)25(33)23-24(16-7-9-20(32)10-8-16)31(28(35)26(23)34)14-15-3-5-17(6-4-15)29(36)38-2/h3-13,24,32,34H,14H2,1-2H3. The normalized spacial score (nSPS) is 15.2. The van der Waals surface area contributed by atoms with E-state index in [0.29, 0.717) is 38.4 Å². The van der Waals surface area contributed by atoms with E-state index in [1.165, 1.54) is 37.3 Å². The second-order valence-electron chi connectivity index (χ2n) is 8.84. The second-order valence-corrected chi connectivity index (χ2v) is 9.28. The van der Waals surface area contributed by atoms with Gasteiger partial charge in [-0.25, -0.2) is 4.79 Å². The van der Waals surface area contributed by atoms with E-state index in [4.69, 9.17) is 25.5 Å². The highest BCUT2D eigenvalue weighted by Gasteiger charge is 2.44. The van der Waals surface area contributed by atoms with Crippen molar-refractivity contribution in [1.29, 1.82) is 0 Å². The number of hydrogen-bond acceptors (Lipinski definition) is 8. The average molecular weight is 548 g/mol. The van der Waals surface area contributed by atoms with Gasteiger partial charge in [0.05, 0.1) is 31.4 Å². The summed E-state index contributed by atoms with van der Waals surface area (Å²) in [5, 5.41) is 21.7. The van der Waals surface area contributed by atoms with Gasteiger partial charge in [0.2, 0.25) is 5.78 Å². The van der Waals surface area contributed by atoms with Crippen LogP contribution in [0.1, 0.15) is 38.1 Å². The first kappa shape index (κ1) is 25.9. The van der Waals surface area contributed by atoms with E-state index in [-0.39, 0.29) is 23.6 Å². The Morgan fingerprint density at radius 1 is 1.00 bits per heavy atom. The fourth-order valence-electron chi connectivity index (χ4n) is 4.59. The number of hydrogen-bond donors (Lipinski definition) is 2. The van der Waals surface area contributed by atoms with Crippen molar-refractivity contribution in [2.24, 2.45) is 0 Å². The minimum atomic E-state index is -0.996. The number of esters is 1. The van der Waals surface area contributed by atoms with Gasteiger partial charge >= 0.3 is 5.97 Å². The number of furan rings is 1. The molecule has 0 saturated carbocycles. The molecule has 3 aromatic carbocycles. The number of carbonyl (C=O) groups excluding carboxylic acids is 3. The van der Waals surface area contributed by atoms with Crippen molar-refractivity contribution in [2.45, 2.75) is 12.6 Å². The fraction of sp³-hybridized carbons (Fsp3) is 0.138. The monoisotopic (exact) mass is 547 g/mol. The van der Waals surface area contributed by atoms with E-state index in [0.717, 1.165) is 0 Å². The zero-order valence-corrected chi connectivity index (χ0v) is 21.6. The fourth-order valence-corrected chi connectivity index (χ4v) is 4.81. The van der Waals surface area contributed by atoms with Crippen molar-refractivity contribution in [1.82, 2.24) is 4.90 Å². The van der Waals surface area contributed by atoms with Crippen LogP contribution in [0.25, 0.3) is 11.0 Å². The van der Waals surface area contributed by atoms with Gasteiger partial charge in [0.15, 0.2) is 22.9 Å². The molecule has 198 valence electrons. The first-order chi connectivity index (χ1) is 18.7. The molecule has 2 N–H and O–H groups in total. The predicted octanol–water partition coefficient (Wildman–Crippen LogP) is 5.37. The molecule has 1 atom stereocenters. The van der Waals surface area contributed by atoms with Gasteiger partial charge in [-0.1, -0.05) is 35.9 Å². The summed E-state index contributed by atoms with van der Waals surface area (Å²) in [6.07, 6.45) is 0. The van der Waals surface area contributed by atoms with Crippen molar-refractivity contribution in [3.05, 3.63) is 106 Å². The van der Waals surface area contributed by atoms with Gasteiger partial charge < -0.3 is 29.0 Å². The van der Waals surface area contributed by atoms with Crippen LogP contribution in [0, 0.1) is 0 Å². The predicted molar refractivity (Wildman–Crippen MR) is 141 cm³/mol. The van der Waals surface area contributed by atoms with Crippen LogP contribution in [0.4, 0.5) is 0 Å². The van der Waals surface area contributed by atoms with Crippen molar-refractivity contribution in [2.75, 3.05) is 14.2 Å². The number of aliphatic hydroxyl groups is 1. The molecule has 0 fully saturated rings. The summed E-state index contributed by atoms with van der Waals surface area (Å²) in [7, 11) is 2.72. The Bertz CT molecular complexity index is 1640. The lowest BCUT2D eigenvalue weighted by molar-refractivity contribution is -0.130. The van der Waals surface area contributed by atoms with Gasteiger partial charge in [-0.2, -0.15) is 0 Å². The number of ketones is 1. The summed E-state index contributed by atoms with van der Waals surface area (Å²) in [6, 6.07) is 16.0. The van der Waals surface area contributed by atoms with Crippen LogP contribution in [-0.2, 0) is 16.1 Å². The minimum Gasteiger partial charge on any atom is -0.508 e. The number of phenols is 1. The Morgan fingerprint density at radius 3 is 2.33 bits per heavy atom. The lowest BCUT2D eigenvalue weighted by Gasteiger charge is -2.27. The highest BCUT2D eigenvalue weighted by Crippen LogP contribution is 2.41. The molecule has 10 heteroatoms. The van der Waals surface area contributed by atoms with Gasteiger partial charge in [-0.3, -0.25) is 9.59 Å². The first-order valence-electron chi connectivity index (χ1n) is 11.7. The summed E-state index contributed by atoms with van der Waals surface area (Å²) < 4.78 is 15.9. The van der Waals surface area contributed by atoms with Crippen molar-refractivity contribution in [3.63, 3.8) is 0 Å². The number of halogens is 1. The Hall–Kier alpha value is -4.76. The molecule has 1 unspecified atom stereocenters. The number of aliphatic hydroxyl groups excluding tert-OH is 1. The molecule has 1 aliphatic rings.